The maximum atomic E-state index is 11.4. The lowest BCUT2D eigenvalue weighted by atomic mass is 10.2. The molecule has 6 heteroatoms. The SMILES string of the molecule is CN=C(N)NC(=O)Nc1c(C)cccc1Cl. The molecule has 0 bridgehead atoms. The molecule has 0 spiro atoms. The first kappa shape index (κ1) is 12.3. The van der Waals surface area contributed by atoms with Gasteiger partial charge in [-0.25, -0.2) is 4.79 Å². The molecule has 1 aromatic carbocycles. The zero-order valence-corrected chi connectivity index (χ0v) is 9.80. The van der Waals surface area contributed by atoms with Crippen LogP contribution in [-0.4, -0.2) is 19.0 Å². The number of urea groups is 1. The van der Waals surface area contributed by atoms with E-state index in [0.29, 0.717) is 10.7 Å². The number of guanidine groups is 1. The van der Waals surface area contributed by atoms with Gasteiger partial charge in [0.2, 0.25) is 0 Å². The molecule has 1 aromatic rings. The molecule has 0 atom stereocenters. The third-order valence-corrected chi connectivity index (χ3v) is 2.26. The summed E-state index contributed by atoms with van der Waals surface area (Å²) in [5, 5.41) is 5.43. The number of nitrogens with zero attached hydrogens (tertiary/aromatic N) is 1. The Labute approximate surface area is 98.7 Å². The van der Waals surface area contributed by atoms with Crippen molar-refractivity contribution in [3.63, 3.8) is 0 Å². The smallest absolute Gasteiger partial charge is 0.326 e. The Morgan fingerprint density at radius 3 is 2.75 bits per heavy atom. The fourth-order valence-electron chi connectivity index (χ4n) is 1.11. The van der Waals surface area contributed by atoms with Crippen LogP contribution in [-0.2, 0) is 0 Å². The van der Waals surface area contributed by atoms with Gasteiger partial charge < -0.3 is 11.1 Å². The highest BCUT2D eigenvalue weighted by atomic mass is 35.5. The van der Waals surface area contributed by atoms with Crippen molar-refractivity contribution in [1.82, 2.24) is 5.32 Å². The fourth-order valence-corrected chi connectivity index (χ4v) is 1.38. The number of aryl methyl sites for hydroxylation is 1. The van der Waals surface area contributed by atoms with Crippen LogP contribution in [0.4, 0.5) is 10.5 Å². The van der Waals surface area contributed by atoms with Crippen molar-refractivity contribution in [1.29, 1.82) is 0 Å². The summed E-state index contributed by atoms with van der Waals surface area (Å²) >= 11 is 5.94. The molecule has 0 unspecified atom stereocenters. The van der Waals surface area contributed by atoms with Crippen LogP contribution in [0.15, 0.2) is 23.2 Å². The van der Waals surface area contributed by atoms with Crippen LogP contribution in [0.5, 0.6) is 0 Å². The van der Waals surface area contributed by atoms with Gasteiger partial charge in [-0.15, -0.1) is 0 Å². The first-order chi connectivity index (χ1) is 7.54. The number of benzene rings is 1. The van der Waals surface area contributed by atoms with Gasteiger partial charge in [0.05, 0.1) is 10.7 Å². The standard InChI is InChI=1S/C10H13ClN4O/c1-6-4-3-5-7(11)8(6)14-10(16)15-9(12)13-2/h3-5H,1-2H3,(H4,12,13,14,15,16). The van der Waals surface area contributed by atoms with Crippen LogP contribution >= 0.6 is 11.6 Å². The molecular weight excluding hydrogens is 228 g/mol. The number of rotatable bonds is 1. The minimum Gasteiger partial charge on any atom is -0.370 e. The van der Waals surface area contributed by atoms with Crippen molar-refractivity contribution in [3.8, 4) is 0 Å². The third kappa shape index (κ3) is 3.13. The highest BCUT2D eigenvalue weighted by molar-refractivity contribution is 6.34. The number of nitrogens with two attached hydrogens (primary N) is 1. The molecule has 0 aliphatic heterocycles. The number of para-hydroxylation sites is 1. The largest absolute Gasteiger partial charge is 0.370 e. The number of anilines is 1. The van der Waals surface area contributed by atoms with Crippen LogP contribution in [0.2, 0.25) is 5.02 Å². The zero-order valence-electron chi connectivity index (χ0n) is 9.04. The molecule has 0 aromatic heterocycles. The molecule has 0 heterocycles. The average molecular weight is 241 g/mol. The molecule has 0 saturated carbocycles. The molecule has 16 heavy (non-hydrogen) atoms. The highest BCUT2D eigenvalue weighted by Gasteiger charge is 2.08. The van der Waals surface area contributed by atoms with E-state index in [2.05, 4.69) is 15.6 Å². The Morgan fingerprint density at radius 2 is 2.19 bits per heavy atom. The number of aliphatic imine (C=N–C) groups is 1. The number of carbonyl (C=O) groups excluding carboxylic acids is 1. The molecular formula is C10H13ClN4O. The molecule has 0 radical (unpaired) electrons. The van der Waals surface area contributed by atoms with Gasteiger partial charge in [-0.1, -0.05) is 23.7 Å². The topological polar surface area (TPSA) is 79.5 Å². The molecule has 0 aliphatic carbocycles. The molecule has 1 rings (SSSR count). The van der Waals surface area contributed by atoms with E-state index < -0.39 is 6.03 Å². The summed E-state index contributed by atoms with van der Waals surface area (Å²) in [7, 11) is 1.48. The van der Waals surface area contributed by atoms with E-state index in [1.165, 1.54) is 7.05 Å². The van der Waals surface area contributed by atoms with E-state index in [4.69, 9.17) is 17.3 Å². The predicted octanol–water partition coefficient (Wildman–Crippen LogP) is 1.71. The van der Waals surface area contributed by atoms with Crippen LogP contribution in [0.1, 0.15) is 5.56 Å². The van der Waals surface area contributed by atoms with Gasteiger partial charge in [0, 0.05) is 7.05 Å². The van der Waals surface area contributed by atoms with Gasteiger partial charge in [-0.05, 0) is 18.6 Å². The van der Waals surface area contributed by atoms with Crippen molar-refractivity contribution in [2.24, 2.45) is 10.7 Å². The van der Waals surface area contributed by atoms with Crippen molar-refractivity contribution < 1.29 is 4.79 Å². The average Bonchev–Trinajstić information content (AvgIpc) is 2.23. The lowest BCUT2D eigenvalue weighted by molar-refractivity contribution is 0.256. The lowest BCUT2D eigenvalue weighted by Gasteiger charge is -2.10. The number of hydrogen-bond donors (Lipinski definition) is 3. The molecule has 5 nitrogen and oxygen atoms in total. The number of nitrogens with one attached hydrogen (secondary N) is 2. The van der Waals surface area contributed by atoms with E-state index in [-0.39, 0.29) is 5.96 Å². The van der Waals surface area contributed by atoms with Gasteiger partial charge in [0.15, 0.2) is 5.96 Å². The number of halogens is 1. The Bertz CT molecular complexity index is 411. The quantitative estimate of drug-likeness (QED) is 0.516. The van der Waals surface area contributed by atoms with Gasteiger partial charge in [0.1, 0.15) is 0 Å². The summed E-state index contributed by atoms with van der Waals surface area (Å²) in [6.45, 7) is 1.85. The van der Waals surface area contributed by atoms with Crippen molar-refractivity contribution in [3.05, 3.63) is 28.8 Å². The summed E-state index contributed by atoms with van der Waals surface area (Å²) in [5.41, 5.74) is 6.78. The Hall–Kier alpha value is -1.75. The molecule has 0 fully saturated rings. The molecule has 2 amide bonds. The minimum atomic E-state index is -0.473. The Balaban J connectivity index is 2.77. The highest BCUT2D eigenvalue weighted by Crippen LogP contribution is 2.24. The molecule has 86 valence electrons. The summed E-state index contributed by atoms with van der Waals surface area (Å²) in [6.07, 6.45) is 0. The maximum absolute atomic E-state index is 11.4. The van der Waals surface area contributed by atoms with Crippen LogP contribution in [0.25, 0.3) is 0 Å². The maximum Gasteiger partial charge on any atom is 0.326 e. The van der Waals surface area contributed by atoms with Crippen LogP contribution in [0.3, 0.4) is 0 Å². The van der Waals surface area contributed by atoms with Crippen molar-refractivity contribution in [2.45, 2.75) is 6.92 Å². The van der Waals surface area contributed by atoms with Gasteiger partial charge in [-0.3, -0.25) is 10.3 Å². The molecule has 4 N–H and O–H groups in total. The molecule has 0 saturated heterocycles. The second-order valence-electron chi connectivity index (χ2n) is 3.12. The van der Waals surface area contributed by atoms with E-state index in [1.807, 2.05) is 19.1 Å². The second kappa shape index (κ2) is 5.37. The Kier molecular flexibility index (Phi) is 4.13. The summed E-state index contributed by atoms with van der Waals surface area (Å²) in [6, 6.07) is 4.88. The van der Waals surface area contributed by atoms with E-state index in [9.17, 15) is 4.79 Å². The Morgan fingerprint density at radius 1 is 1.50 bits per heavy atom. The lowest BCUT2D eigenvalue weighted by Crippen LogP contribution is -2.39. The monoisotopic (exact) mass is 240 g/mol. The summed E-state index contributed by atoms with van der Waals surface area (Å²) in [4.78, 5) is 15.0. The summed E-state index contributed by atoms with van der Waals surface area (Å²) in [5.74, 6) is 0.0437. The zero-order chi connectivity index (χ0) is 12.1. The van der Waals surface area contributed by atoms with Crippen molar-refractivity contribution in [2.75, 3.05) is 12.4 Å². The first-order valence-corrected chi connectivity index (χ1v) is 4.97. The normalized spacial score (nSPS) is 11.1. The summed E-state index contributed by atoms with van der Waals surface area (Å²) < 4.78 is 0. The van der Waals surface area contributed by atoms with Crippen LogP contribution in [0, 0.1) is 6.92 Å². The first-order valence-electron chi connectivity index (χ1n) is 4.60. The predicted molar refractivity (Wildman–Crippen MR) is 65.9 cm³/mol. The van der Waals surface area contributed by atoms with Crippen LogP contribution < -0.4 is 16.4 Å². The van der Waals surface area contributed by atoms with Gasteiger partial charge in [-0.2, -0.15) is 0 Å². The van der Waals surface area contributed by atoms with Crippen molar-refractivity contribution >= 4 is 29.3 Å². The van der Waals surface area contributed by atoms with E-state index in [1.54, 1.807) is 6.07 Å². The third-order valence-electron chi connectivity index (χ3n) is 1.94. The van der Waals surface area contributed by atoms with Gasteiger partial charge in [0.25, 0.3) is 0 Å². The minimum absolute atomic E-state index is 0.0437. The number of amides is 2. The fraction of sp³-hybridized carbons (Fsp3) is 0.200. The van der Waals surface area contributed by atoms with E-state index in [0.717, 1.165) is 5.56 Å². The van der Waals surface area contributed by atoms with Gasteiger partial charge >= 0.3 is 6.03 Å². The molecule has 0 aliphatic rings. The number of hydrogen-bond acceptors (Lipinski definition) is 2. The second-order valence-corrected chi connectivity index (χ2v) is 3.53. The van der Waals surface area contributed by atoms with E-state index >= 15 is 0 Å². The number of carbonyl (C=O) groups is 1.